The fourth-order valence-electron chi connectivity index (χ4n) is 3.83. The molecule has 7 heteroatoms. The molecule has 1 atom stereocenters. The number of carbonyl (C=O) groups excluding carboxylic acids is 1. The van der Waals surface area contributed by atoms with Crippen LogP contribution >= 0.6 is 22.6 Å². The molecule has 3 aromatic rings. The number of nitrogens with zero attached hydrogens (tertiary/aromatic N) is 3. The van der Waals surface area contributed by atoms with E-state index in [9.17, 15) is 4.79 Å². The van der Waals surface area contributed by atoms with E-state index < -0.39 is 0 Å². The monoisotopic (exact) mass is 528 g/mol. The van der Waals surface area contributed by atoms with E-state index in [1.165, 1.54) is 3.57 Å². The smallest absolute Gasteiger partial charge is 0.225 e. The van der Waals surface area contributed by atoms with Gasteiger partial charge < -0.3 is 15.0 Å². The topological polar surface area (TPSA) is 67.3 Å². The molecule has 4 rings (SSSR count). The van der Waals surface area contributed by atoms with E-state index in [0.717, 1.165) is 47.8 Å². The molecule has 1 aliphatic rings. The number of aromatic nitrogens is 2. The number of benzene rings is 2. The molecule has 1 aliphatic heterocycles. The Labute approximate surface area is 196 Å². The quantitative estimate of drug-likeness (QED) is 0.484. The molecule has 1 amide bonds. The minimum absolute atomic E-state index is 0.0479. The Bertz CT molecular complexity index is 1020. The predicted molar refractivity (Wildman–Crippen MR) is 130 cm³/mol. The van der Waals surface area contributed by atoms with Crippen molar-refractivity contribution in [2.45, 2.75) is 19.4 Å². The summed E-state index contributed by atoms with van der Waals surface area (Å²) in [6, 6.07) is 19.9. The lowest BCUT2D eigenvalue weighted by atomic mass is 9.97. The molecule has 6 nitrogen and oxygen atoms in total. The molecule has 1 fully saturated rings. The fraction of sp³-hybridized carbons (Fsp3) is 0.292. The van der Waals surface area contributed by atoms with Gasteiger partial charge in [-0.3, -0.25) is 4.79 Å². The number of ether oxygens (including phenoxy) is 1. The molecule has 1 N–H and O–H groups in total. The fourth-order valence-corrected chi connectivity index (χ4v) is 4.19. The second kappa shape index (κ2) is 10.1. The van der Waals surface area contributed by atoms with Crippen molar-refractivity contribution in [1.82, 2.24) is 15.5 Å². The first-order chi connectivity index (χ1) is 15.1. The number of halogens is 1. The van der Waals surface area contributed by atoms with E-state index in [1.807, 2.05) is 48.5 Å². The maximum atomic E-state index is 12.7. The lowest BCUT2D eigenvalue weighted by Crippen LogP contribution is -2.43. The molecule has 2 heterocycles. The highest BCUT2D eigenvalue weighted by atomic mass is 127. The van der Waals surface area contributed by atoms with Crippen LogP contribution in [0.15, 0.2) is 60.7 Å². The number of nitrogens with one attached hydrogen (secondary N) is 1. The van der Waals surface area contributed by atoms with E-state index in [1.54, 1.807) is 7.11 Å². The largest absolute Gasteiger partial charge is 0.496 e. The van der Waals surface area contributed by atoms with Gasteiger partial charge in [0.15, 0.2) is 5.82 Å². The molecular formula is C24H25IN4O2. The van der Waals surface area contributed by atoms with Crippen LogP contribution in [0.25, 0.3) is 11.3 Å². The molecule has 1 unspecified atom stereocenters. The second-order valence-electron chi connectivity index (χ2n) is 7.61. The molecule has 1 aromatic heterocycles. The molecule has 0 radical (unpaired) electrons. The summed E-state index contributed by atoms with van der Waals surface area (Å²) in [5.41, 5.74) is 2.79. The van der Waals surface area contributed by atoms with Crippen LogP contribution in [0.2, 0.25) is 0 Å². The first kappa shape index (κ1) is 21.5. The lowest BCUT2D eigenvalue weighted by Gasteiger charge is -2.32. The van der Waals surface area contributed by atoms with Crippen LogP contribution in [0.4, 0.5) is 5.82 Å². The van der Waals surface area contributed by atoms with Gasteiger partial charge in [-0.2, -0.15) is 0 Å². The Balaban J connectivity index is 1.38. The summed E-state index contributed by atoms with van der Waals surface area (Å²) in [5, 5.41) is 11.9. The average Bonchev–Trinajstić information content (AvgIpc) is 2.83. The predicted octanol–water partition coefficient (Wildman–Crippen LogP) is 4.29. The Morgan fingerprint density at radius 3 is 2.68 bits per heavy atom. The molecule has 0 saturated carbocycles. The summed E-state index contributed by atoms with van der Waals surface area (Å²) < 4.78 is 6.61. The summed E-state index contributed by atoms with van der Waals surface area (Å²) in [6.45, 7) is 2.09. The van der Waals surface area contributed by atoms with E-state index in [-0.39, 0.29) is 11.8 Å². The van der Waals surface area contributed by atoms with E-state index >= 15 is 0 Å². The number of hydrogen-bond acceptors (Lipinski definition) is 5. The standard InChI is InChI=1S/C24H25IN4O2/c1-31-22-7-3-2-6-20(22)21-12-13-23(28-27-21)29-14-4-5-18(16-29)24(30)26-15-17-8-10-19(25)11-9-17/h2-3,6-13,18H,4-5,14-16H2,1H3,(H,26,30). The van der Waals surface area contributed by atoms with Crippen molar-refractivity contribution in [2.24, 2.45) is 5.92 Å². The van der Waals surface area contributed by atoms with Crippen LogP contribution in [0, 0.1) is 9.49 Å². The van der Waals surface area contributed by atoms with Gasteiger partial charge in [0.1, 0.15) is 5.75 Å². The highest BCUT2D eigenvalue weighted by Crippen LogP contribution is 2.29. The number of rotatable bonds is 6. The van der Waals surface area contributed by atoms with Crippen molar-refractivity contribution in [2.75, 3.05) is 25.1 Å². The van der Waals surface area contributed by atoms with Crippen molar-refractivity contribution >= 4 is 34.3 Å². The van der Waals surface area contributed by atoms with Crippen LogP contribution in [-0.4, -0.2) is 36.3 Å². The maximum absolute atomic E-state index is 12.7. The average molecular weight is 528 g/mol. The van der Waals surface area contributed by atoms with Crippen LogP contribution in [-0.2, 0) is 11.3 Å². The second-order valence-corrected chi connectivity index (χ2v) is 8.85. The van der Waals surface area contributed by atoms with Gasteiger partial charge in [0, 0.05) is 28.8 Å². The third kappa shape index (κ3) is 5.33. The third-order valence-electron chi connectivity index (χ3n) is 5.53. The first-order valence-electron chi connectivity index (χ1n) is 10.4. The van der Waals surface area contributed by atoms with Crippen molar-refractivity contribution in [3.63, 3.8) is 0 Å². The Morgan fingerprint density at radius 1 is 1.13 bits per heavy atom. The highest BCUT2D eigenvalue weighted by molar-refractivity contribution is 14.1. The number of anilines is 1. The number of para-hydroxylation sites is 1. The Kier molecular flexibility index (Phi) is 7.01. The summed E-state index contributed by atoms with van der Waals surface area (Å²) in [6.07, 6.45) is 1.85. The van der Waals surface area contributed by atoms with E-state index in [0.29, 0.717) is 13.1 Å². The molecule has 31 heavy (non-hydrogen) atoms. The number of amides is 1. The van der Waals surface area contributed by atoms with Crippen molar-refractivity contribution in [3.05, 3.63) is 69.8 Å². The molecule has 1 saturated heterocycles. The number of methoxy groups -OCH3 is 1. The zero-order valence-electron chi connectivity index (χ0n) is 17.4. The molecule has 0 aliphatic carbocycles. The van der Waals surface area contributed by atoms with Crippen molar-refractivity contribution in [3.8, 4) is 17.0 Å². The van der Waals surface area contributed by atoms with Crippen LogP contribution in [0.3, 0.4) is 0 Å². The Hall–Kier alpha value is -2.68. The number of piperidine rings is 1. The van der Waals surface area contributed by atoms with E-state index in [4.69, 9.17) is 4.74 Å². The summed E-state index contributed by atoms with van der Waals surface area (Å²) in [7, 11) is 1.65. The van der Waals surface area contributed by atoms with Gasteiger partial charge >= 0.3 is 0 Å². The van der Waals surface area contributed by atoms with Crippen LogP contribution in [0.5, 0.6) is 5.75 Å². The SMILES string of the molecule is COc1ccccc1-c1ccc(N2CCCC(C(=O)NCc3ccc(I)cc3)C2)nn1. The molecule has 2 aromatic carbocycles. The van der Waals surface area contributed by atoms with Gasteiger partial charge in [-0.05, 0) is 77.4 Å². The molecular weight excluding hydrogens is 503 g/mol. The summed E-state index contributed by atoms with van der Waals surface area (Å²) >= 11 is 2.28. The van der Waals surface area contributed by atoms with Gasteiger partial charge in [0.05, 0.1) is 18.7 Å². The zero-order chi connectivity index (χ0) is 21.6. The van der Waals surface area contributed by atoms with Gasteiger partial charge in [-0.1, -0.05) is 24.3 Å². The summed E-state index contributed by atoms with van der Waals surface area (Å²) in [5.74, 6) is 1.62. The van der Waals surface area contributed by atoms with Gasteiger partial charge in [-0.25, -0.2) is 0 Å². The normalized spacial score (nSPS) is 16.1. The third-order valence-corrected chi connectivity index (χ3v) is 6.25. The van der Waals surface area contributed by atoms with Crippen molar-refractivity contribution < 1.29 is 9.53 Å². The summed E-state index contributed by atoms with van der Waals surface area (Å²) in [4.78, 5) is 14.9. The highest BCUT2D eigenvalue weighted by Gasteiger charge is 2.26. The number of hydrogen-bond donors (Lipinski definition) is 1. The van der Waals surface area contributed by atoms with Crippen LogP contribution < -0.4 is 15.0 Å². The Morgan fingerprint density at radius 2 is 1.94 bits per heavy atom. The number of carbonyl (C=O) groups is 1. The van der Waals surface area contributed by atoms with Gasteiger partial charge in [-0.15, -0.1) is 10.2 Å². The molecule has 0 spiro atoms. The van der Waals surface area contributed by atoms with Crippen LogP contribution in [0.1, 0.15) is 18.4 Å². The minimum atomic E-state index is -0.0479. The van der Waals surface area contributed by atoms with E-state index in [2.05, 4.69) is 55.1 Å². The first-order valence-corrected chi connectivity index (χ1v) is 11.5. The lowest BCUT2D eigenvalue weighted by molar-refractivity contribution is -0.125. The van der Waals surface area contributed by atoms with Crippen molar-refractivity contribution in [1.29, 1.82) is 0 Å². The maximum Gasteiger partial charge on any atom is 0.225 e. The molecule has 0 bridgehead atoms. The van der Waals surface area contributed by atoms with Gasteiger partial charge in [0.25, 0.3) is 0 Å². The zero-order valence-corrected chi connectivity index (χ0v) is 19.6. The molecule has 160 valence electrons. The minimum Gasteiger partial charge on any atom is -0.496 e. The van der Waals surface area contributed by atoms with Gasteiger partial charge in [0.2, 0.25) is 5.91 Å².